The van der Waals surface area contributed by atoms with E-state index in [0.29, 0.717) is 6.61 Å². The molecule has 0 amide bonds. The van der Waals surface area contributed by atoms with E-state index >= 15 is 0 Å². The summed E-state index contributed by atoms with van der Waals surface area (Å²) in [6.07, 6.45) is 0. The van der Waals surface area contributed by atoms with Gasteiger partial charge in [-0.2, -0.15) is 0 Å². The summed E-state index contributed by atoms with van der Waals surface area (Å²) in [7, 11) is 2.23. The minimum atomic E-state index is 0.118. The molecule has 0 aromatic heterocycles. The summed E-state index contributed by atoms with van der Waals surface area (Å²) < 4.78 is 11.6. The predicted octanol–water partition coefficient (Wildman–Crippen LogP) is -0.528. The number of nitrogens with zero attached hydrogens (tertiary/aromatic N) is 1. The molecule has 0 atom stereocenters. The van der Waals surface area contributed by atoms with Gasteiger partial charge in [-0.25, -0.2) is 0 Å². The standard InChI is InChI=1S/C9H20NO3/c1-10(2-6-12-7-3-10)4-8-13-9-5-11/h11H,2-9H2,1H3/q+1. The van der Waals surface area contributed by atoms with E-state index < -0.39 is 0 Å². The van der Waals surface area contributed by atoms with Crippen LogP contribution in [0.15, 0.2) is 0 Å². The Morgan fingerprint density at radius 1 is 1.31 bits per heavy atom. The van der Waals surface area contributed by atoms with Crippen molar-refractivity contribution < 1.29 is 19.1 Å². The fourth-order valence-corrected chi connectivity index (χ4v) is 1.46. The Morgan fingerprint density at radius 2 is 2.00 bits per heavy atom. The first-order chi connectivity index (χ1) is 6.27. The van der Waals surface area contributed by atoms with Crippen molar-refractivity contribution in [1.29, 1.82) is 0 Å². The minimum absolute atomic E-state index is 0.118. The summed E-state index contributed by atoms with van der Waals surface area (Å²) in [5.41, 5.74) is 0. The molecular formula is C9H20NO3+. The summed E-state index contributed by atoms with van der Waals surface area (Å²) in [4.78, 5) is 0. The van der Waals surface area contributed by atoms with E-state index in [2.05, 4.69) is 7.05 Å². The van der Waals surface area contributed by atoms with Gasteiger partial charge in [-0.15, -0.1) is 0 Å². The Balaban J connectivity index is 2.10. The van der Waals surface area contributed by atoms with Gasteiger partial charge in [-0.05, 0) is 0 Å². The highest BCUT2D eigenvalue weighted by Gasteiger charge is 2.24. The van der Waals surface area contributed by atoms with Crippen LogP contribution in [-0.4, -0.2) is 69.3 Å². The summed E-state index contributed by atoms with van der Waals surface area (Å²) in [6, 6.07) is 0. The number of morpholine rings is 1. The highest BCUT2D eigenvalue weighted by molar-refractivity contribution is 4.46. The number of hydrogen-bond donors (Lipinski definition) is 1. The second kappa shape index (κ2) is 5.54. The quantitative estimate of drug-likeness (QED) is 0.468. The average Bonchev–Trinajstić information content (AvgIpc) is 2.14. The van der Waals surface area contributed by atoms with Crippen LogP contribution in [0.5, 0.6) is 0 Å². The molecule has 4 nitrogen and oxygen atoms in total. The Labute approximate surface area is 79.6 Å². The van der Waals surface area contributed by atoms with Crippen molar-refractivity contribution in [2.75, 3.05) is 59.7 Å². The molecule has 0 spiro atoms. The number of likely N-dealkylation sites (N-methyl/N-ethyl adjacent to an activating group) is 1. The molecule has 1 heterocycles. The summed E-state index contributed by atoms with van der Waals surface area (Å²) in [5.74, 6) is 0. The van der Waals surface area contributed by atoms with Crippen LogP contribution in [0.25, 0.3) is 0 Å². The van der Waals surface area contributed by atoms with Gasteiger partial charge in [0, 0.05) is 0 Å². The van der Waals surface area contributed by atoms with Crippen LogP contribution < -0.4 is 0 Å². The minimum Gasteiger partial charge on any atom is -0.394 e. The van der Waals surface area contributed by atoms with Gasteiger partial charge in [0.15, 0.2) is 0 Å². The lowest BCUT2D eigenvalue weighted by molar-refractivity contribution is -0.917. The number of ether oxygens (including phenoxy) is 2. The Kier molecular flexibility index (Phi) is 4.66. The van der Waals surface area contributed by atoms with Crippen LogP contribution in [0.1, 0.15) is 0 Å². The van der Waals surface area contributed by atoms with Crippen LogP contribution in [0.4, 0.5) is 0 Å². The number of quaternary nitrogens is 1. The number of rotatable bonds is 5. The molecule has 0 radical (unpaired) electrons. The predicted molar refractivity (Wildman–Crippen MR) is 49.5 cm³/mol. The third-order valence-corrected chi connectivity index (χ3v) is 2.56. The van der Waals surface area contributed by atoms with E-state index in [4.69, 9.17) is 14.6 Å². The number of hydrogen-bond acceptors (Lipinski definition) is 3. The molecule has 0 aromatic rings. The molecule has 0 aromatic carbocycles. The molecule has 0 saturated carbocycles. The van der Waals surface area contributed by atoms with Crippen molar-refractivity contribution in [2.45, 2.75) is 0 Å². The number of aliphatic hydroxyl groups excluding tert-OH is 1. The first-order valence-electron chi connectivity index (χ1n) is 4.87. The van der Waals surface area contributed by atoms with Gasteiger partial charge in [-0.3, -0.25) is 0 Å². The maximum atomic E-state index is 8.52. The molecule has 1 fully saturated rings. The normalized spacial score (nSPS) is 21.7. The molecule has 0 aliphatic carbocycles. The van der Waals surface area contributed by atoms with Crippen LogP contribution in [-0.2, 0) is 9.47 Å². The maximum absolute atomic E-state index is 8.52. The molecule has 1 aliphatic rings. The van der Waals surface area contributed by atoms with Crippen LogP contribution in [0.2, 0.25) is 0 Å². The topological polar surface area (TPSA) is 38.7 Å². The fraction of sp³-hybridized carbons (Fsp3) is 1.00. The van der Waals surface area contributed by atoms with E-state index in [-0.39, 0.29) is 6.61 Å². The molecule has 1 aliphatic heterocycles. The zero-order valence-corrected chi connectivity index (χ0v) is 8.37. The summed E-state index contributed by atoms with van der Waals surface area (Å²) >= 11 is 0. The lowest BCUT2D eigenvalue weighted by atomic mass is 10.3. The van der Waals surface area contributed by atoms with E-state index in [0.717, 1.165) is 43.9 Å². The lowest BCUT2D eigenvalue weighted by Crippen LogP contribution is -2.53. The summed E-state index contributed by atoms with van der Waals surface area (Å²) in [5, 5.41) is 8.52. The van der Waals surface area contributed by atoms with Gasteiger partial charge in [0.1, 0.15) is 19.6 Å². The number of aliphatic hydroxyl groups is 1. The molecule has 78 valence electrons. The Bertz CT molecular complexity index is 135. The van der Waals surface area contributed by atoms with Gasteiger partial charge in [0.05, 0.1) is 40.1 Å². The van der Waals surface area contributed by atoms with Gasteiger partial charge in [0.2, 0.25) is 0 Å². The fourth-order valence-electron chi connectivity index (χ4n) is 1.46. The lowest BCUT2D eigenvalue weighted by Gasteiger charge is -2.37. The SMILES string of the molecule is C[N+]1(CCOCCO)CCOCC1. The van der Waals surface area contributed by atoms with Crippen molar-refractivity contribution in [3.63, 3.8) is 0 Å². The van der Waals surface area contributed by atoms with Gasteiger partial charge in [0.25, 0.3) is 0 Å². The van der Waals surface area contributed by atoms with E-state index in [9.17, 15) is 0 Å². The molecule has 4 heteroatoms. The van der Waals surface area contributed by atoms with Gasteiger partial charge < -0.3 is 19.1 Å². The van der Waals surface area contributed by atoms with Crippen molar-refractivity contribution in [3.8, 4) is 0 Å². The molecule has 1 rings (SSSR count). The van der Waals surface area contributed by atoms with E-state index in [1.165, 1.54) is 0 Å². The van der Waals surface area contributed by atoms with E-state index in [1.807, 2.05) is 0 Å². The van der Waals surface area contributed by atoms with Crippen molar-refractivity contribution in [1.82, 2.24) is 0 Å². The summed E-state index contributed by atoms with van der Waals surface area (Å²) in [6.45, 7) is 6.18. The van der Waals surface area contributed by atoms with Crippen LogP contribution in [0.3, 0.4) is 0 Å². The van der Waals surface area contributed by atoms with Crippen LogP contribution >= 0.6 is 0 Å². The first kappa shape index (κ1) is 10.9. The third kappa shape index (κ3) is 4.04. The molecule has 1 saturated heterocycles. The second-order valence-electron chi connectivity index (χ2n) is 3.74. The highest BCUT2D eigenvalue weighted by Crippen LogP contribution is 2.06. The molecule has 1 N–H and O–H groups in total. The van der Waals surface area contributed by atoms with Gasteiger partial charge in [-0.1, -0.05) is 0 Å². The zero-order chi connectivity index (χ0) is 9.57. The highest BCUT2D eigenvalue weighted by atomic mass is 16.5. The first-order valence-corrected chi connectivity index (χ1v) is 4.87. The third-order valence-electron chi connectivity index (χ3n) is 2.56. The van der Waals surface area contributed by atoms with Crippen LogP contribution in [0, 0.1) is 0 Å². The average molecular weight is 190 g/mol. The van der Waals surface area contributed by atoms with Gasteiger partial charge >= 0.3 is 0 Å². The zero-order valence-electron chi connectivity index (χ0n) is 8.37. The molecule has 13 heavy (non-hydrogen) atoms. The maximum Gasteiger partial charge on any atom is 0.102 e. The van der Waals surface area contributed by atoms with Crippen molar-refractivity contribution in [3.05, 3.63) is 0 Å². The van der Waals surface area contributed by atoms with Crippen molar-refractivity contribution >= 4 is 0 Å². The smallest absolute Gasteiger partial charge is 0.102 e. The Morgan fingerprint density at radius 3 is 2.62 bits per heavy atom. The molecule has 0 bridgehead atoms. The molecule has 0 unspecified atom stereocenters. The second-order valence-corrected chi connectivity index (χ2v) is 3.74. The molecular weight excluding hydrogens is 170 g/mol. The Hall–Kier alpha value is -0.160. The largest absolute Gasteiger partial charge is 0.394 e. The van der Waals surface area contributed by atoms with E-state index in [1.54, 1.807) is 0 Å². The van der Waals surface area contributed by atoms with Crippen molar-refractivity contribution in [2.24, 2.45) is 0 Å². The monoisotopic (exact) mass is 190 g/mol.